The predicted molar refractivity (Wildman–Crippen MR) is 206 cm³/mol. The zero-order valence-electron chi connectivity index (χ0n) is 26.8. The summed E-state index contributed by atoms with van der Waals surface area (Å²) in [5, 5.41) is 8.30. The predicted octanol–water partition coefficient (Wildman–Crippen LogP) is 11.2. The van der Waals surface area contributed by atoms with Crippen molar-refractivity contribution in [2.24, 2.45) is 0 Å². The molecule has 0 saturated carbocycles. The highest BCUT2D eigenvalue weighted by Crippen LogP contribution is 2.40. The molecule has 11 aromatic rings. The monoisotopic (exact) mass is 637 g/mol. The second-order valence-corrected chi connectivity index (χ2v) is 12.9. The van der Waals surface area contributed by atoms with Crippen LogP contribution in [0.5, 0.6) is 0 Å². The molecule has 5 aromatic heterocycles. The molecule has 0 atom stereocenters. The van der Waals surface area contributed by atoms with E-state index in [0.717, 1.165) is 49.8 Å². The first-order valence-corrected chi connectivity index (χ1v) is 16.9. The fraction of sp³-hybridized carbons (Fsp3) is 0. The zero-order valence-corrected chi connectivity index (χ0v) is 26.8. The normalized spacial score (nSPS) is 12.0. The number of fused-ring (bicyclic) bond motifs is 12. The summed E-state index contributed by atoms with van der Waals surface area (Å²) in [5.41, 5.74) is 10.7. The summed E-state index contributed by atoms with van der Waals surface area (Å²) in [6.07, 6.45) is 3.70. The van der Waals surface area contributed by atoms with E-state index >= 15 is 0 Å². The minimum absolute atomic E-state index is 0.648. The molecular weight excluding hydrogens is 611 g/mol. The van der Waals surface area contributed by atoms with Crippen molar-refractivity contribution >= 4 is 70.8 Å². The van der Waals surface area contributed by atoms with Crippen molar-refractivity contribution in [2.45, 2.75) is 0 Å². The van der Waals surface area contributed by atoms with Gasteiger partial charge in [0.05, 0.1) is 38.8 Å². The van der Waals surface area contributed by atoms with Crippen LogP contribution in [0.15, 0.2) is 164 Å². The first-order valence-electron chi connectivity index (χ1n) is 16.9. The van der Waals surface area contributed by atoms with Gasteiger partial charge in [0.25, 0.3) is 0 Å². The molecule has 5 nitrogen and oxygen atoms in total. The second-order valence-electron chi connectivity index (χ2n) is 12.9. The Morgan fingerprint density at radius 1 is 0.400 bits per heavy atom. The van der Waals surface area contributed by atoms with Gasteiger partial charge < -0.3 is 4.40 Å². The van der Waals surface area contributed by atoms with Crippen molar-refractivity contribution in [3.63, 3.8) is 0 Å². The number of pyridine rings is 2. The van der Waals surface area contributed by atoms with Crippen LogP contribution in [0.4, 0.5) is 0 Å². The molecule has 0 saturated heterocycles. The molecular formula is C45H27N5. The van der Waals surface area contributed by atoms with Gasteiger partial charge in [-0.15, -0.1) is 0 Å². The van der Waals surface area contributed by atoms with Crippen LogP contribution in [-0.4, -0.2) is 23.9 Å². The van der Waals surface area contributed by atoms with Gasteiger partial charge in [-0.25, -0.2) is 9.97 Å². The van der Waals surface area contributed by atoms with Crippen molar-refractivity contribution in [3.8, 4) is 28.3 Å². The first kappa shape index (κ1) is 27.1. The Morgan fingerprint density at radius 2 is 1.06 bits per heavy atom. The van der Waals surface area contributed by atoms with E-state index in [4.69, 9.17) is 9.97 Å². The van der Waals surface area contributed by atoms with E-state index < -0.39 is 0 Å². The van der Waals surface area contributed by atoms with Gasteiger partial charge in [-0.2, -0.15) is 0 Å². The minimum atomic E-state index is 0.648. The molecule has 0 fully saturated rings. The third-order valence-corrected chi connectivity index (χ3v) is 10.2. The molecule has 11 rings (SSSR count). The highest BCUT2D eigenvalue weighted by molar-refractivity contribution is 6.21. The minimum Gasteiger partial charge on any atom is -0.309 e. The molecule has 0 bridgehead atoms. The summed E-state index contributed by atoms with van der Waals surface area (Å²) in [7, 11) is 0. The number of nitrogens with zero attached hydrogens (tertiary/aromatic N) is 5. The third-order valence-electron chi connectivity index (χ3n) is 10.2. The van der Waals surface area contributed by atoms with Crippen molar-refractivity contribution < 1.29 is 0 Å². The maximum Gasteiger partial charge on any atom is 0.235 e. The molecule has 0 radical (unpaired) electrons. The number of rotatable bonds is 3. The molecule has 5 heterocycles. The van der Waals surface area contributed by atoms with E-state index in [9.17, 15) is 0 Å². The third kappa shape index (κ3) is 3.86. The number of aromatic nitrogens is 5. The second kappa shape index (κ2) is 10.3. The summed E-state index contributed by atoms with van der Waals surface area (Å²) < 4.78 is 4.67. The Balaban J connectivity index is 1.23. The van der Waals surface area contributed by atoms with E-state index in [1.54, 1.807) is 6.20 Å². The van der Waals surface area contributed by atoms with Crippen LogP contribution in [0.2, 0.25) is 0 Å². The lowest BCUT2D eigenvalue weighted by Crippen LogP contribution is -2.03. The summed E-state index contributed by atoms with van der Waals surface area (Å²) in [5.74, 6) is 0.648. The van der Waals surface area contributed by atoms with Gasteiger partial charge in [0, 0.05) is 50.3 Å². The Bertz CT molecular complexity index is 3140. The lowest BCUT2D eigenvalue weighted by atomic mass is 10.0. The van der Waals surface area contributed by atoms with Crippen LogP contribution in [-0.2, 0) is 0 Å². The smallest absolute Gasteiger partial charge is 0.235 e. The average Bonchev–Trinajstić information content (AvgIpc) is 3.74. The molecule has 0 spiro atoms. The summed E-state index contributed by atoms with van der Waals surface area (Å²) in [6, 6.07) is 54.0. The summed E-state index contributed by atoms with van der Waals surface area (Å²) >= 11 is 0. The lowest BCUT2D eigenvalue weighted by molar-refractivity contribution is 1.01. The molecule has 0 aliphatic heterocycles. The van der Waals surface area contributed by atoms with Crippen LogP contribution >= 0.6 is 0 Å². The van der Waals surface area contributed by atoms with Gasteiger partial charge in [-0.3, -0.25) is 9.55 Å². The summed E-state index contributed by atoms with van der Waals surface area (Å²) in [6.45, 7) is 0. The van der Waals surface area contributed by atoms with Crippen molar-refractivity contribution in [3.05, 3.63) is 164 Å². The van der Waals surface area contributed by atoms with E-state index in [-0.39, 0.29) is 0 Å². The van der Waals surface area contributed by atoms with E-state index in [0.29, 0.717) is 5.95 Å². The van der Waals surface area contributed by atoms with Crippen LogP contribution in [0, 0.1) is 0 Å². The number of benzene rings is 6. The van der Waals surface area contributed by atoms with Gasteiger partial charge in [-0.05, 0) is 59.0 Å². The summed E-state index contributed by atoms with van der Waals surface area (Å²) in [4.78, 5) is 14.9. The molecule has 232 valence electrons. The van der Waals surface area contributed by atoms with Crippen molar-refractivity contribution in [1.82, 2.24) is 23.9 Å². The van der Waals surface area contributed by atoms with Crippen LogP contribution in [0.1, 0.15) is 0 Å². The lowest BCUT2D eigenvalue weighted by Gasteiger charge is -2.13. The largest absolute Gasteiger partial charge is 0.309 e. The highest BCUT2D eigenvalue weighted by atomic mass is 15.2. The Morgan fingerprint density at radius 3 is 1.88 bits per heavy atom. The molecule has 0 aliphatic carbocycles. The Kier molecular flexibility index (Phi) is 5.60. The van der Waals surface area contributed by atoms with Gasteiger partial charge in [-0.1, -0.05) is 109 Å². The molecule has 0 unspecified atom stereocenters. The van der Waals surface area contributed by atoms with Gasteiger partial charge in [0.15, 0.2) is 0 Å². The molecule has 6 aromatic carbocycles. The highest BCUT2D eigenvalue weighted by Gasteiger charge is 2.20. The van der Waals surface area contributed by atoms with Crippen LogP contribution in [0.25, 0.3) is 99.1 Å². The maximum atomic E-state index is 5.38. The fourth-order valence-corrected chi connectivity index (χ4v) is 7.91. The van der Waals surface area contributed by atoms with E-state index in [1.807, 2.05) is 18.3 Å². The van der Waals surface area contributed by atoms with E-state index in [2.05, 4.69) is 153 Å². The SMILES string of the molecule is c1cncc(-c2ccc(-c3nc(-n4c5ccccc5c5cc6c7ccccc7c7cc8ccccc8n7c6cc54)nc4ccccc34)cc2)c1. The van der Waals surface area contributed by atoms with Crippen LogP contribution < -0.4 is 0 Å². The quantitative estimate of drug-likeness (QED) is 0.181. The molecule has 0 aliphatic rings. The van der Waals surface area contributed by atoms with Crippen molar-refractivity contribution in [2.75, 3.05) is 0 Å². The number of hydrogen-bond donors (Lipinski definition) is 0. The molecule has 0 N–H and O–H groups in total. The Hall–Kier alpha value is -6.85. The fourth-order valence-electron chi connectivity index (χ4n) is 7.91. The van der Waals surface area contributed by atoms with E-state index in [1.165, 1.54) is 43.4 Å². The van der Waals surface area contributed by atoms with Gasteiger partial charge in [0.2, 0.25) is 5.95 Å². The molecule has 50 heavy (non-hydrogen) atoms. The van der Waals surface area contributed by atoms with Gasteiger partial charge in [0.1, 0.15) is 0 Å². The maximum absolute atomic E-state index is 5.38. The average molecular weight is 638 g/mol. The first-order chi connectivity index (χ1) is 24.8. The Labute approximate surface area is 286 Å². The van der Waals surface area contributed by atoms with Gasteiger partial charge >= 0.3 is 0 Å². The van der Waals surface area contributed by atoms with Crippen LogP contribution in [0.3, 0.4) is 0 Å². The molecule has 0 amide bonds. The topological polar surface area (TPSA) is 48.0 Å². The molecule has 5 heteroatoms. The zero-order chi connectivity index (χ0) is 32.8. The number of hydrogen-bond acceptors (Lipinski definition) is 3. The number of para-hydroxylation sites is 3. The van der Waals surface area contributed by atoms with Crippen molar-refractivity contribution in [1.29, 1.82) is 0 Å². The standard InChI is InChI=1S/C45H27N5/c1-7-17-39-30(10-1)24-41-33-13-3-2-12-32(33)36-25-37-34-14-5-8-18-40(34)50(43(37)26-42(36)49(39)41)45-47-38-16-6-4-15-35(38)44(48-45)29-21-19-28(20-22-29)31-11-9-23-46-27-31/h1-27H.